The van der Waals surface area contributed by atoms with Gasteiger partial charge in [0.15, 0.2) is 0 Å². The molecule has 1 aromatic heterocycles. The molecule has 0 aromatic carbocycles. The third-order valence-electron chi connectivity index (χ3n) is 4.27. The molecular formula is C14H22N2OS. The second-order valence-electron chi connectivity index (χ2n) is 5.83. The van der Waals surface area contributed by atoms with Gasteiger partial charge in [0.2, 0.25) is 0 Å². The Morgan fingerprint density at radius 2 is 2.39 bits per heavy atom. The molecule has 2 heterocycles. The van der Waals surface area contributed by atoms with Gasteiger partial charge in [-0.2, -0.15) is 0 Å². The van der Waals surface area contributed by atoms with E-state index in [1.165, 1.54) is 17.7 Å². The average molecular weight is 266 g/mol. The summed E-state index contributed by atoms with van der Waals surface area (Å²) in [6.07, 6.45) is 3.75. The number of hydrogen-bond acceptors (Lipinski definition) is 4. The summed E-state index contributed by atoms with van der Waals surface area (Å²) in [4.78, 5) is 3.93. The summed E-state index contributed by atoms with van der Waals surface area (Å²) < 4.78 is 0. The molecule has 1 aliphatic heterocycles. The average Bonchev–Trinajstić information content (AvgIpc) is 2.97. The quantitative estimate of drug-likeness (QED) is 0.853. The zero-order valence-corrected chi connectivity index (χ0v) is 11.7. The fourth-order valence-corrected chi connectivity index (χ4v) is 3.78. The Bertz CT molecular complexity index is 391. The van der Waals surface area contributed by atoms with Crippen LogP contribution in [0.4, 0.5) is 0 Å². The summed E-state index contributed by atoms with van der Waals surface area (Å²) >= 11 is 1.78. The van der Waals surface area contributed by atoms with Crippen LogP contribution < -0.4 is 5.32 Å². The third kappa shape index (κ3) is 2.48. The number of aliphatic hydroxyl groups excluding tert-OH is 1. The maximum atomic E-state index is 9.80. The highest BCUT2D eigenvalue weighted by molar-refractivity contribution is 7.09. The van der Waals surface area contributed by atoms with Crippen molar-refractivity contribution in [3.8, 4) is 0 Å². The van der Waals surface area contributed by atoms with E-state index in [0.29, 0.717) is 6.04 Å². The van der Waals surface area contributed by atoms with Crippen LogP contribution in [-0.2, 0) is 6.54 Å². The Kier molecular flexibility index (Phi) is 3.45. The SMILES string of the molecule is CC1CC(CO)(NCc2cccs2)CN1C1CC1. The Labute approximate surface area is 113 Å². The molecule has 0 amide bonds. The number of aliphatic hydroxyl groups is 1. The molecule has 1 saturated heterocycles. The molecular weight excluding hydrogens is 244 g/mol. The summed E-state index contributed by atoms with van der Waals surface area (Å²) in [5.74, 6) is 0. The van der Waals surface area contributed by atoms with Crippen LogP contribution >= 0.6 is 11.3 Å². The van der Waals surface area contributed by atoms with E-state index in [2.05, 4.69) is 34.7 Å². The predicted octanol–water partition coefficient (Wildman–Crippen LogP) is 1.83. The highest BCUT2D eigenvalue weighted by Crippen LogP contribution is 2.37. The fourth-order valence-electron chi connectivity index (χ4n) is 3.13. The Morgan fingerprint density at radius 1 is 1.56 bits per heavy atom. The van der Waals surface area contributed by atoms with Gasteiger partial charge in [-0.15, -0.1) is 11.3 Å². The molecule has 1 aromatic rings. The van der Waals surface area contributed by atoms with Crippen LogP contribution in [-0.4, -0.2) is 40.8 Å². The van der Waals surface area contributed by atoms with Crippen molar-refractivity contribution in [1.82, 2.24) is 10.2 Å². The molecule has 2 atom stereocenters. The first-order valence-electron chi connectivity index (χ1n) is 6.86. The van der Waals surface area contributed by atoms with E-state index in [4.69, 9.17) is 0 Å². The first kappa shape index (κ1) is 12.6. The monoisotopic (exact) mass is 266 g/mol. The molecule has 100 valence electrons. The lowest BCUT2D eigenvalue weighted by Crippen LogP contribution is -2.50. The topological polar surface area (TPSA) is 35.5 Å². The molecule has 18 heavy (non-hydrogen) atoms. The maximum Gasteiger partial charge on any atom is 0.0626 e. The van der Waals surface area contributed by atoms with Crippen LogP contribution in [0.25, 0.3) is 0 Å². The molecule has 2 fully saturated rings. The van der Waals surface area contributed by atoms with Crippen molar-refractivity contribution in [1.29, 1.82) is 0 Å². The summed E-state index contributed by atoms with van der Waals surface area (Å²) in [6.45, 7) is 4.42. The lowest BCUT2D eigenvalue weighted by atomic mass is 9.97. The van der Waals surface area contributed by atoms with E-state index in [9.17, 15) is 5.11 Å². The normalized spacial score (nSPS) is 33.1. The van der Waals surface area contributed by atoms with E-state index < -0.39 is 0 Å². The molecule has 3 nitrogen and oxygen atoms in total. The molecule has 2 N–H and O–H groups in total. The van der Waals surface area contributed by atoms with E-state index in [-0.39, 0.29) is 12.1 Å². The third-order valence-corrected chi connectivity index (χ3v) is 5.15. The van der Waals surface area contributed by atoms with Gasteiger partial charge in [0, 0.05) is 30.1 Å². The van der Waals surface area contributed by atoms with Crippen molar-refractivity contribution in [2.24, 2.45) is 0 Å². The van der Waals surface area contributed by atoms with Gasteiger partial charge in [-0.3, -0.25) is 4.90 Å². The van der Waals surface area contributed by atoms with Crippen molar-refractivity contribution < 1.29 is 5.11 Å². The van der Waals surface area contributed by atoms with Gasteiger partial charge in [0.1, 0.15) is 0 Å². The number of hydrogen-bond donors (Lipinski definition) is 2. The highest BCUT2D eigenvalue weighted by atomic mass is 32.1. The Morgan fingerprint density at radius 3 is 3.00 bits per heavy atom. The van der Waals surface area contributed by atoms with Crippen LogP contribution in [0.5, 0.6) is 0 Å². The summed E-state index contributed by atoms with van der Waals surface area (Å²) in [6, 6.07) is 5.62. The number of rotatable bonds is 5. The summed E-state index contributed by atoms with van der Waals surface area (Å²) in [5, 5.41) is 15.5. The van der Waals surface area contributed by atoms with E-state index in [1.54, 1.807) is 11.3 Å². The smallest absolute Gasteiger partial charge is 0.0626 e. The molecule has 0 bridgehead atoms. The first-order valence-corrected chi connectivity index (χ1v) is 7.74. The van der Waals surface area contributed by atoms with Crippen LogP contribution in [0.15, 0.2) is 17.5 Å². The van der Waals surface area contributed by atoms with Crippen LogP contribution in [0, 0.1) is 0 Å². The second kappa shape index (κ2) is 4.93. The van der Waals surface area contributed by atoms with Crippen molar-refractivity contribution in [2.45, 2.75) is 50.4 Å². The summed E-state index contributed by atoms with van der Waals surface area (Å²) in [5.41, 5.74) is -0.0913. The van der Waals surface area contributed by atoms with Gasteiger partial charge < -0.3 is 10.4 Å². The largest absolute Gasteiger partial charge is 0.394 e. The van der Waals surface area contributed by atoms with Crippen LogP contribution in [0.3, 0.4) is 0 Å². The zero-order valence-electron chi connectivity index (χ0n) is 10.9. The number of thiophene rings is 1. The van der Waals surface area contributed by atoms with Crippen molar-refractivity contribution in [3.63, 3.8) is 0 Å². The Balaban J connectivity index is 1.63. The zero-order chi connectivity index (χ0) is 12.6. The number of likely N-dealkylation sites (tertiary alicyclic amines) is 1. The Hall–Kier alpha value is -0.420. The molecule has 3 rings (SSSR count). The first-order chi connectivity index (χ1) is 8.72. The molecule has 2 aliphatic rings. The molecule has 0 spiro atoms. The molecule has 4 heteroatoms. The highest BCUT2D eigenvalue weighted by Gasteiger charge is 2.46. The van der Waals surface area contributed by atoms with Crippen LogP contribution in [0.1, 0.15) is 31.1 Å². The van der Waals surface area contributed by atoms with Gasteiger partial charge in [0.05, 0.1) is 12.1 Å². The number of nitrogens with one attached hydrogen (secondary N) is 1. The second-order valence-corrected chi connectivity index (χ2v) is 6.86. The van der Waals surface area contributed by atoms with Crippen molar-refractivity contribution in [3.05, 3.63) is 22.4 Å². The van der Waals surface area contributed by atoms with Gasteiger partial charge in [-0.25, -0.2) is 0 Å². The van der Waals surface area contributed by atoms with Gasteiger partial charge in [0.25, 0.3) is 0 Å². The summed E-state index contributed by atoms with van der Waals surface area (Å²) in [7, 11) is 0. The van der Waals surface area contributed by atoms with Crippen molar-refractivity contribution >= 4 is 11.3 Å². The van der Waals surface area contributed by atoms with E-state index in [0.717, 1.165) is 25.6 Å². The maximum absolute atomic E-state index is 9.80. The molecule has 1 aliphatic carbocycles. The minimum Gasteiger partial charge on any atom is -0.394 e. The molecule has 0 radical (unpaired) electrons. The minimum absolute atomic E-state index is 0.0913. The van der Waals surface area contributed by atoms with E-state index >= 15 is 0 Å². The molecule has 2 unspecified atom stereocenters. The fraction of sp³-hybridized carbons (Fsp3) is 0.714. The standard InChI is InChI=1S/C14H22N2OS/c1-11-7-14(10-17,9-16(11)12-4-5-12)15-8-13-3-2-6-18-13/h2-3,6,11-12,15,17H,4-5,7-10H2,1H3. The van der Waals surface area contributed by atoms with Crippen molar-refractivity contribution in [2.75, 3.05) is 13.2 Å². The number of nitrogens with zero attached hydrogens (tertiary/aromatic N) is 1. The predicted molar refractivity (Wildman–Crippen MR) is 74.8 cm³/mol. The van der Waals surface area contributed by atoms with Crippen LogP contribution in [0.2, 0.25) is 0 Å². The van der Waals surface area contributed by atoms with Gasteiger partial charge in [-0.05, 0) is 37.6 Å². The minimum atomic E-state index is -0.0913. The van der Waals surface area contributed by atoms with Gasteiger partial charge in [-0.1, -0.05) is 6.07 Å². The van der Waals surface area contributed by atoms with Gasteiger partial charge >= 0.3 is 0 Å². The molecule has 1 saturated carbocycles. The lowest BCUT2D eigenvalue weighted by Gasteiger charge is -2.28. The lowest BCUT2D eigenvalue weighted by molar-refractivity contribution is 0.157. The van der Waals surface area contributed by atoms with E-state index in [1.807, 2.05) is 0 Å².